The number of hydrogen-bond donors (Lipinski definition) is 1. The van der Waals surface area contributed by atoms with Gasteiger partial charge < -0.3 is 10.1 Å². The van der Waals surface area contributed by atoms with Crippen LogP contribution in [0.25, 0.3) is 0 Å². The Bertz CT molecular complexity index is 399. The lowest BCUT2D eigenvalue weighted by Crippen LogP contribution is -2.35. The van der Waals surface area contributed by atoms with Crippen LogP contribution in [-0.4, -0.2) is 19.7 Å². The molecular formula is C19H31NO. The van der Waals surface area contributed by atoms with Gasteiger partial charge in [0.15, 0.2) is 0 Å². The molecular weight excluding hydrogens is 258 g/mol. The smallest absolute Gasteiger partial charge is 0.118 e. The molecule has 0 heterocycles. The minimum absolute atomic E-state index is 0.737. The number of benzene rings is 1. The predicted octanol–water partition coefficient (Wildman–Crippen LogP) is 4.43. The Morgan fingerprint density at radius 1 is 1.19 bits per heavy atom. The highest BCUT2D eigenvalue weighted by molar-refractivity contribution is 5.27. The van der Waals surface area contributed by atoms with Gasteiger partial charge in [-0.05, 0) is 61.8 Å². The summed E-state index contributed by atoms with van der Waals surface area (Å²) in [5.41, 5.74) is 1.39. The van der Waals surface area contributed by atoms with E-state index in [0.717, 1.165) is 36.6 Å². The van der Waals surface area contributed by atoms with Crippen LogP contribution < -0.4 is 10.1 Å². The lowest BCUT2D eigenvalue weighted by Gasteiger charge is -2.31. The molecule has 1 aliphatic rings. The predicted molar refractivity (Wildman–Crippen MR) is 89.9 cm³/mol. The molecule has 0 spiro atoms. The van der Waals surface area contributed by atoms with Gasteiger partial charge >= 0.3 is 0 Å². The average molecular weight is 289 g/mol. The van der Waals surface area contributed by atoms with Crippen molar-refractivity contribution in [2.24, 2.45) is 11.8 Å². The van der Waals surface area contributed by atoms with Gasteiger partial charge in [0.1, 0.15) is 5.75 Å². The van der Waals surface area contributed by atoms with E-state index >= 15 is 0 Å². The van der Waals surface area contributed by atoms with Crippen molar-refractivity contribution >= 4 is 0 Å². The van der Waals surface area contributed by atoms with Gasteiger partial charge in [-0.15, -0.1) is 0 Å². The molecule has 0 aromatic heterocycles. The van der Waals surface area contributed by atoms with Crippen molar-refractivity contribution in [2.45, 2.75) is 58.4 Å². The van der Waals surface area contributed by atoms with Crippen molar-refractivity contribution in [3.63, 3.8) is 0 Å². The lowest BCUT2D eigenvalue weighted by molar-refractivity contribution is 0.253. The Morgan fingerprint density at radius 3 is 2.62 bits per heavy atom. The van der Waals surface area contributed by atoms with Crippen LogP contribution in [-0.2, 0) is 6.42 Å². The SMILES string of the molecule is COc1ccc(CCNC2CCCC(CC(C)C)C2)cc1. The van der Waals surface area contributed by atoms with E-state index < -0.39 is 0 Å². The van der Waals surface area contributed by atoms with Crippen LogP contribution in [0.3, 0.4) is 0 Å². The topological polar surface area (TPSA) is 21.3 Å². The Morgan fingerprint density at radius 2 is 1.95 bits per heavy atom. The fourth-order valence-corrected chi connectivity index (χ4v) is 3.57. The number of hydrogen-bond acceptors (Lipinski definition) is 2. The number of rotatable bonds is 7. The van der Waals surface area contributed by atoms with Crippen molar-refractivity contribution in [3.8, 4) is 5.75 Å². The molecule has 0 bridgehead atoms. The first-order chi connectivity index (χ1) is 10.2. The monoisotopic (exact) mass is 289 g/mol. The summed E-state index contributed by atoms with van der Waals surface area (Å²) < 4.78 is 5.20. The summed E-state index contributed by atoms with van der Waals surface area (Å²) in [5.74, 6) is 2.72. The molecule has 2 atom stereocenters. The highest BCUT2D eigenvalue weighted by Gasteiger charge is 2.21. The first-order valence-electron chi connectivity index (χ1n) is 8.53. The molecule has 2 heteroatoms. The summed E-state index contributed by atoms with van der Waals surface area (Å²) in [4.78, 5) is 0. The van der Waals surface area contributed by atoms with Gasteiger partial charge in [-0.1, -0.05) is 38.8 Å². The van der Waals surface area contributed by atoms with Gasteiger partial charge in [0.05, 0.1) is 7.11 Å². The largest absolute Gasteiger partial charge is 0.497 e. The molecule has 1 saturated carbocycles. The average Bonchev–Trinajstić information content (AvgIpc) is 2.48. The summed E-state index contributed by atoms with van der Waals surface area (Å²) in [6.07, 6.45) is 8.08. The zero-order valence-electron chi connectivity index (χ0n) is 13.9. The fraction of sp³-hybridized carbons (Fsp3) is 0.684. The molecule has 0 amide bonds. The quantitative estimate of drug-likeness (QED) is 0.801. The Balaban J connectivity index is 1.69. The van der Waals surface area contributed by atoms with Gasteiger partial charge in [-0.2, -0.15) is 0 Å². The molecule has 2 unspecified atom stereocenters. The maximum absolute atomic E-state index is 5.20. The molecule has 1 aromatic rings. The molecule has 1 fully saturated rings. The van der Waals surface area contributed by atoms with Crippen LogP contribution in [0.5, 0.6) is 5.75 Å². The normalized spacial score (nSPS) is 22.5. The maximum Gasteiger partial charge on any atom is 0.118 e. The van der Waals surface area contributed by atoms with Gasteiger partial charge in [-0.25, -0.2) is 0 Å². The van der Waals surface area contributed by atoms with E-state index in [9.17, 15) is 0 Å². The summed E-state index contributed by atoms with van der Waals surface area (Å²) in [5, 5.41) is 3.77. The van der Waals surface area contributed by atoms with E-state index in [0.29, 0.717) is 0 Å². The second-order valence-corrected chi connectivity index (χ2v) is 6.91. The Hall–Kier alpha value is -1.02. The van der Waals surface area contributed by atoms with E-state index in [1.54, 1.807) is 7.11 Å². The standard InChI is InChI=1S/C19H31NO/c1-15(2)13-17-5-4-6-18(14-17)20-12-11-16-7-9-19(21-3)10-8-16/h7-10,15,17-18,20H,4-6,11-14H2,1-3H3. The van der Waals surface area contributed by atoms with Gasteiger partial charge in [0.2, 0.25) is 0 Å². The minimum atomic E-state index is 0.737. The third kappa shape index (κ3) is 5.70. The van der Waals surface area contributed by atoms with Crippen LogP contribution in [0.15, 0.2) is 24.3 Å². The van der Waals surface area contributed by atoms with E-state index in [4.69, 9.17) is 4.74 Å². The van der Waals surface area contributed by atoms with Crippen LogP contribution >= 0.6 is 0 Å². The van der Waals surface area contributed by atoms with Crippen molar-refractivity contribution in [1.29, 1.82) is 0 Å². The van der Waals surface area contributed by atoms with Crippen LogP contribution in [0.4, 0.5) is 0 Å². The number of methoxy groups -OCH3 is 1. The third-order valence-corrected chi connectivity index (χ3v) is 4.59. The van der Waals surface area contributed by atoms with Crippen molar-refractivity contribution in [1.82, 2.24) is 5.32 Å². The van der Waals surface area contributed by atoms with Crippen LogP contribution in [0, 0.1) is 11.8 Å². The third-order valence-electron chi connectivity index (χ3n) is 4.59. The maximum atomic E-state index is 5.20. The van der Waals surface area contributed by atoms with E-state index in [2.05, 4.69) is 43.4 Å². The van der Waals surface area contributed by atoms with Crippen LogP contribution in [0.2, 0.25) is 0 Å². The first-order valence-corrected chi connectivity index (χ1v) is 8.53. The van der Waals surface area contributed by atoms with Crippen molar-refractivity contribution in [2.75, 3.05) is 13.7 Å². The number of nitrogens with one attached hydrogen (secondary N) is 1. The van der Waals surface area contributed by atoms with Crippen molar-refractivity contribution in [3.05, 3.63) is 29.8 Å². The molecule has 21 heavy (non-hydrogen) atoms. The minimum Gasteiger partial charge on any atom is -0.497 e. The molecule has 118 valence electrons. The lowest BCUT2D eigenvalue weighted by atomic mass is 9.81. The summed E-state index contributed by atoms with van der Waals surface area (Å²) in [6, 6.07) is 9.18. The van der Waals surface area contributed by atoms with E-state index in [-0.39, 0.29) is 0 Å². The van der Waals surface area contributed by atoms with E-state index in [1.165, 1.54) is 37.7 Å². The van der Waals surface area contributed by atoms with Gasteiger partial charge in [-0.3, -0.25) is 0 Å². The van der Waals surface area contributed by atoms with Gasteiger partial charge in [0, 0.05) is 6.04 Å². The second kappa shape index (κ2) is 8.43. The summed E-state index contributed by atoms with van der Waals surface area (Å²) >= 11 is 0. The van der Waals surface area contributed by atoms with Crippen LogP contribution in [0.1, 0.15) is 51.5 Å². The molecule has 0 aliphatic heterocycles. The summed E-state index contributed by atoms with van der Waals surface area (Å²) in [7, 11) is 1.72. The Kier molecular flexibility index (Phi) is 6.56. The molecule has 2 nitrogen and oxygen atoms in total. The van der Waals surface area contributed by atoms with Gasteiger partial charge in [0.25, 0.3) is 0 Å². The fourth-order valence-electron chi connectivity index (χ4n) is 3.57. The highest BCUT2D eigenvalue weighted by atomic mass is 16.5. The van der Waals surface area contributed by atoms with E-state index in [1.807, 2.05) is 0 Å². The first kappa shape index (κ1) is 16.4. The zero-order valence-corrected chi connectivity index (χ0v) is 13.9. The highest BCUT2D eigenvalue weighted by Crippen LogP contribution is 2.29. The summed E-state index contributed by atoms with van der Waals surface area (Å²) in [6.45, 7) is 5.78. The number of ether oxygens (including phenoxy) is 1. The molecule has 1 aliphatic carbocycles. The molecule has 1 N–H and O–H groups in total. The molecule has 0 radical (unpaired) electrons. The molecule has 1 aromatic carbocycles. The van der Waals surface area contributed by atoms with Crippen molar-refractivity contribution < 1.29 is 4.74 Å². The Labute approximate surface area is 130 Å². The zero-order chi connectivity index (χ0) is 15.1. The molecule has 0 saturated heterocycles. The second-order valence-electron chi connectivity index (χ2n) is 6.91. The molecule has 2 rings (SSSR count).